The summed E-state index contributed by atoms with van der Waals surface area (Å²) in [4.78, 5) is 15.3. The van der Waals surface area contributed by atoms with Crippen LogP contribution in [0.2, 0.25) is 0 Å². The number of hydrogen-bond acceptors (Lipinski definition) is 4. The van der Waals surface area contributed by atoms with Crippen molar-refractivity contribution in [3.63, 3.8) is 0 Å². The number of alkyl halides is 3. The Morgan fingerprint density at radius 3 is 2.52 bits per heavy atom. The number of hydrogen-bond donors (Lipinski definition) is 2. The molecule has 1 amide bonds. The van der Waals surface area contributed by atoms with E-state index in [0.29, 0.717) is 19.6 Å². The number of rotatable bonds is 3. The van der Waals surface area contributed by atoms with Crippen molar-refractivity contribution in [2.24, 2.45) is 0 Å². The molecule has 122 valence electrons. The monoisotopic (exact) mass is 309 g/mol. The van der Waals surface area contributed by atoms with Gasteiger partial charge in [-0.15, -0.1) is 0 Å². The predicted octanol–water partition coefficient (Wildman–Crippen LogP) is 0.197. The van der Waals surface area contributed by atoms with E-state index in [1.165, 1.54) is 4.90 Å². The molecule has 0 aromatic heterocycles. The van der Waals surface area contributed by atoms with Gasteiger partial charge in [0.25, 0.3) is 0 Å². The number of aliphatic hydroxyl groups is 1. The summed E-state index contributed by atoms with van der Waals surface area (Å²) in [5.41, 5.74) is -2.64. The number of carbonyl (C=O) groups excluding carboxylic acids is 1. The second-order valence-electron chi connectivity index (χ2n) is 5.79. The maximum absolute atomic E-state index is 12.8. The Hall–Kier alpha value is -0.860. The summed E-state index contributed by atoms with van der Waals surface area (Å²) >= 11 is 0. The number of halogens is 3. The van der Waals surface area contributed by atoms with Gasteiger partial charge in [0.2, 0.25) is 5.91 Å². The van der Waals surface area contributed by atoms with Gasteiger partial charge in [-0.3, -0.25) is 9.69 Å². The number of carbonyl (C=O) groups is 1. The first-order chi connectivity index (χ1) is 9.82. The van der Waals surface area contributed by atoms with Crippen LogP contribution in [-0.4, -0.2) is 78.4 Å². The average Bonchev–Trinajstić information content (AvgIpc) is 2.45. The van der Waals surface area contributed by atoms with Crippen LogP contribution in [0.25, 0.3) is 0 Å². The standard InChI is InChI=1S/C13H22F3N3O2/c14-13(15,16)12(21)3-1-6-18(10-12)7-2-11(20)19-8-4-17-5-9-19/h17,21H,1-10H2. The lowest BCUT2D eigenvalue weighted by molar-refractivity contribution is -0.273. The van der Waals surface area contributed by atoms with Gasteiger partial charge in [-0.05, 0) is 19.4 Å². The van der Waals surface area contributed by atoms with Crippen LogP contribution in [0.15, 0.2) is 0 Å². The molecular weight excluding hydrogens is 287 g/mol. The van der Waals surface area contributed by atoms with E-state index in [2.05, 4.69) is 5.32 Å². The summed E-state index contributed by atoms with van der Waals surface area (Å²) < 4.78 is 38.5. The zero-order chi connectivity index (χ0) is 15.5. The largest absolute Gasteiger partial charge is 0.418 e. The van der Waals surface area contributed by atoms with E-state index in [1.807, 2.05) is 0 Å². The van der Waals surface area contributed by atoms with Crippen LogP contribution in [0.4, 0.5) is 13.2 Å². The Balaban J connectivity index is 1.81. The minimum atomic E-state index is -4.62. The molecule has 0 aromatic rings. The molecule has 2 N–H and O–H groups in total. The maximum Gasteiger partial charge on any atom is 0.418 e. The van der Waals surface area contributed by atoms with Gasteiger partial charge < -0.3 is 15.3 Å². The van der Waals surface area contributed by atoms with Crippen LogP contribution in [0.3, 0.4) is 0 Å². The molecule has 8 heteroatoms. The van der Waals surface area contributed by atoms with Crippen LogP contribution < -0.4 is 5.32 Å². The van der Waals surface area contributed by atoms with E-state index >= 15 is 0 Å². The van der Waals surface area contributed by atoms with Crippen LogP contribution in [0.5, 0.6) is 0 Å². The van der Waals surface area contributed by atoms with Crippen LogP contribution in [0, 0.1) is 0 Å². The van der Waals surface area contributed by atoms with Gasteiger partial charge in [-0.1, -0.05) is 0 Å². The smallest absolute Gasteiger partial charge is 0.379 e. The summed E-state index contributed by atoms with van der Waals surface area (Å²) in [6.07, 6.45) is -4.39. The highest BCUT2D eigenvalue weighted by Crippen LogP contribution is 2.37. The first kappa shape index (κ1) is 16.5. The highest BCUT2D eigenvalue weighted by molar-refractivity contribution is 5.76. The third-order valence-electron chi connectivity index (χ3n) is 4.19. The molecule has 0 saturated carbocycles. The summed E-state index contributed by atoms with van der Waals surface area (Å²) in [6.45, 7) is 3.11. The molecule has 0 aromatic carbocycles. The molecule has 2 fully saturated rings. The van der Waals surface area contributed by atoms with E-state index < -0.39 is 18.3 Å². The molecule has 2 rings (SSSR count). The molecule has 1 atom stereocenters. The molecule has 21 heavy (non-hydrogen) atoms. The lowest BCUT2D eigenvalue weighted by atomic mass is 9.92. The number of piperidine rings is 1. The number of likely N-dealkylation sites (tertiary alicyclic amines) is 1. The minimum absolute atomic E-state index is 0.0300. The van der Waals surface area contributed by atoms with Gasteiger partial charge in [0, 0.05) is 45.7 Å². The predicted molar refractivity (Wildman–Crippen MR) is 70.7 cm³/mol. The number of β-amino-alcohol motifs (C(OH)–C–C–N with tert-alkyl or cyclic N) is 1. The van der Waals surface area contributed by atoms with Gasteiger partial charge >= 0.3 is 6.18 Å². The Morgan fingerprint density at radius 1 is 1.24 bits per heavy atom. The topological polar surface area (TPSA) is 55.8 Å². The molecule has 0 bridgehead atoms. The highest BCUT2D eigenvalue weighted by Gasteiger charge is 2.55. The Kier molecular flexibility index (Phi) is 5.11. The fourth-order valence-electron chi connectivity index (χ4n) is 2.87. The van der Waals surface area contributed by atoms with E-state index in [-0.39, 0.29) is 31.7 Å². The van der Waals surface area contributed by atoms with Crippen molar-refractivity contribution < 1.29 is 23.1 Å². The summed E-state index contributed by atoms with van der Waals surface area (Å²) in [7, 11) is 0. The average molecular weight is 309 g/mol. The fourth-order valence-corrected chi connectivity index (χ4v) is 2.87. The van der Waals surface area contributed by atoms with Crippen molar-refractivity contribution in [3.05, 3.63) is 0 Å². The van der Waals surface area contributed by atoms with Gasteiger partial charge in [0.1, 0.15) is 0 Å². The Morgan fingerprint density at radius 2 is 1.90 bits per heavy atom. The Labute approximate surface area is 122 Å². The molecule has 5 nitrogen and oxygen atoms in total. The van der Waals surface area contributed by atoms with Crippen LogP contribution >= 0.6 is 0 Å². The van der Waals surface area contributed by atoms with E-state index in [0.717, 1.165) is 13.1 Å². The van der Waals surface area contributed by atoms with Crippen molar-refractivity contribution in [1.29, 1.82) is 0 Å². The van der Waals surface area contributed by atoms with Crippen LogP contribution in [-0.2, 0) is 4.79 Å². The second-order valence-corrected chi connectivity index (χ2v) is 5.79. The molecule has 2 heterocycles. The summed E-state index contributed by atoms with van der Waals surface area (Å²) in [5.74, 6) is -0.0300. The van der Waals surface area contributed by atoms with Gasteiger partial charge in [-0.25, -0.2) is 0 Å². The van der Waals surface area contributed by atoms with Crippen LogP contribution in [0.1, 0.15) is 19.3 Å². The third-order valence-corrected chi connectivity index (χ3v) is 4.19. The van der Waals surface area contributed by atoms with Gasteiger partial charge in [-0.2, -0.15) is 13.2 Å². The molecule has 0 aliphatic carbocycles. The first-order valence-electron chi connectivity index (χ1n) is 7.32. The first-order valence-corrected chi connectivity index (χ1v) is 7.32. The molecule has 2 aliphatic heterocycles. The van der Waals surface area contributed by atoms with E-state index in [4.69, 9.17) is 0 Å². The maximum atomic E-state index is 12.8. The second kappa shape index (κ2) is 6.50. The summed E-state index contributed by atoms with van der Waals surface area (Å²) in [5, 5.41) is 12.9. The molecule has 0 spiro atoms. The SMILES string of the molecule is O=C(CCN1CCCC(O)(C(F)(F)F)C1)N1CCNCC1. The Bertz CT molecular complexity index is 372. The van der Waals surface area contributed by atoms with Crippen molar-refractivity contribution in [2.75, 3.05) is 45.8 Å². The molecule has 2 saturated heterocycles. The minimum Gasteiger partial charge on any atom is -0.379 e. The van der Waals surface area contributed by atoms with Crippen molar-refractivity contribution in [3.8, 4) is 0 Å². The lowest BCUT2D eigenvalue weighted by Crippen LogP contribution is -2.57. The normalized spacial score (nSPS) is 28.7. The molecule has 1 unspecified atom stereocenters. The fraction of sp³-hybridized carbons (Fsp3) is 0.923. The lowest BCUT2D eigenvalue weighted by Gasteiger charge is -2.40. The zero-order valence-electron chi connectivity index (χ0n) is 12.0. The van der Waals surface area contributed by atoms with E-state index in [9.17, 15) is 23.1 Å². The number of nitrogens with zero attached hydrogens (tertiary/aromatic N) is 2. The third kappa shape index (κ3) is 4.08. The van der Waals surface area contributed by atoms with Crippen molar-refractivity contribution >= 4 is 5.91 Å². The van der Waals surface area contributed by atoms with Crippen molar-refractivity contribution in [1.82, 2.24) is 15.1 Å². The van der Waals surface area contributed by atoms with Crippen molar-refractivity contribution in [2.45, 2.75) is 31.0 Å². The summed E-state index contributed by atoms with van der Waals surface area (Å²) in [6, 6.07) is 0. The van der Waals surface area contributed by atoms with Gasteiger partial charge in [0.05, 0.1) is 0 Å². The quantitative estimate of drug-likeness (QED) is 0.782. The number of nitrogens with one attached hydrogen (secondary N) is 1. The van der Waals surface area contributed by atoms with Gasteiger partial charge in [0.15, 0.2) is 5.60 Å². The number of amides is 1. The van der Waals surface area contributed by atoms with E-state index in [1.54, 1.807) is 4.90 Å². The molecule has 0 radical (unpaired) electrons. The number of piperazine rings is 1. The molecular formula is C13H22F3N3O2. The zero-order valence-corrected chi connectivity index (χ0v) is 12.0. The molecule has 2 aliphatic rings. The highest BCUT2D eigenvalue weighted by atomic mass is 19.4.